The van der Waals surface area contributed by atoms with Crippen molar-refractivity contribution in [3.63, 3.8) is 0 Å². The molecule has 17 heavy (non-hydrogen) atoms. The van der Waals surface area contributed by atoms with Crippen LogP contribution in [-0.2, 0) is 4.74 Å². The molecule has 0 bridgehead atoms. The first-order valence-corrected chi connectivity index (χ1v) is 6.64. The summed E-state index contributed by atoms with van der Waals surface area (Å²) in [5.41, 5.74) is -0.402. The minimum atomic E-state index is -0.402. The van der Waals surface area contributed by atoms with Gasteiger partial charge >= 0.3 is 6.09 Å². The fourth-order valence-electron chi connectivity index (χ4n) is 2.05. The molecule has 0 radical (unpaired) electrons. The number of nitrogens with one attached hydrogen (secondary N) is 1. The van der Waals surface area contributed by atoms with E-state index in [1.165, 1.54) is 0 Å². The molecule has 1 aliphatic heterocycles. The first kappa shape index (κ1) is 14.3. The highest BCUT2D eigenvalue weighted by Crippen LogP contribution is 2.20. The maximum atomic E-state index is 12.0. The Bertz CT molecular complexity index is 248. The summed E-state index contributed by atoms with van der Waals surface area (Å²) in [7, 11) is 0. The number of hydrogen-bond donors (Lipinski definition) is 1. The van der Waals surface area contributed by atoms with Crippen LogP contribution in [0.4, 0.5) is 4.79 Å². The second kappa shape index (κ2) is 6.24. The van der Waals surface area contributed by atoms with Crippen molar-refractivity contribution in [2.75, 3.05) is 19.6 Å². The summed E-state index contributed by atoms with van der Waals surface area (Å²) in [5, 5.41) is 3.38. The molecule has 0 saturated carbocycles. The zero-order valence-electron chi connectivity index (χ0n) is 11.6. The summed E-state index contributed by atoms with van der Waals surface area (Å²) >= 11 is 0. The topological polar surface area (TPSA) is 41.6 Å². The van der Waals surface area contributed by atoms with Crippen LogP contribution in [0, 0.1) is 0 Å². The molecule has 0 spiro atoms. The van der Waals surface area contributed by atoms with E-state index in [1.807, 2.05) is 25.7 Å². The maximum absolute atomic E-state index is 12.0. The van der Waals surface area contributed by atoms with Crippen molar-refractivity contribution in [1.29, 1.82) is 0 Å². The molecule has 1 aliphatic rings. The summed E-state index contributed by atoms with van der Waals surface area (Å²) in [6.07, 6.45) is 3.12. The summed E-state index contributed by atoms with van der Waals surface area (Å²) in [6, 6.07) is 0.302. The van der Waals surface area contributed by atoms with Gasteiger partial charge in [-0.25, -0.2) is 4.79 Å². The molecule has 4 nitrogen and oxygen atoms in total. The van der Waals surface area contributed by atoms with Crippen LogP contribution < -0.4 is 5.32 Å². The number of nitrogens with zero attached hydrogens (tertiary/aromatic N) is 1. The predicted octanol–water partition coefficient (Wildman–Crippen LogP) is 2.39. The largest absolute Gasteiger partial charge is 0.444 e. The number of likely N-dealkylation sites (tertiary alicyclic amines) is 1. The Kier molecular flexibility index (Phi) is 5.25. The van der Waals surface area contributed by atoms with E-state index in [4.69, 9.17) is 4.74 Å². The monoisotopic (exact) mass is 242 g/mol. The van der Waals surface area contributed by atoms with E-state index in [0.29, 0.717) is 6.04 Å². The lowest BCUT2D eigenvalue weighted by Gasteiger charge is -2.28. The molecule has 1 rings (SSSR count). The van der Waals surface area contributed by atoms with Crippen molar-refractivity contribution >= 4 is 6.09 Å². The molecule has 1 heterocycles. The molecule has 1 fully saturated rings. The summed E-state index contributed by atoms with van der Waals surface area (Å²) < 4.78 is 5.42. The van der Waals surface area contributed by atoms with Gasteiger partial charge in [-0.15, -0.1) is 0 Å². The van der Waals surface area contributed by atoms with Crippen molar-refractivity contribution in [2.45, 2.75) is 58.6 Å². The number of carbonyl (C=O) groups is 1. The predicted molar refractivity (Wildman–Crippen MR) is 69.1 cm³/mol. The van der Waals surface area contributed by atoms with Gasteiger partial charge in [0.05, 0.1) is 0 Å². The number of amides is 1. The molecule has 1 saturated heterocycles. The molecule has 1 N–H and O–H groups in total. The number of ether oxygens (including phenoxy) is 1. The molecule has 4 heteroatoms. The molecule has 0 aromatic carbocycles. The van der Waals surface area contributed by atoms with E-state index in [1.54, 1.807) is 0 Å². The van der Waals surface area contributed by atoms with Gasteiger partial charge in [-0.3, -0.25) is 0 Å². The summed E-state index contributed by atoms with van der Waals surface area (Å²) in [6.45, 7) is 10.6. The molecular formula is C13H26N2O2. The van der Waals surface area contributed by atoms with Gasteiger partial charge in [0.15, 0.2) is 0 Å². The van der Waals surface area contributed by atoms with Crippen molar-refractivity contribution in [1.82, 2.24) is 10.2 Å². The van der Waals surface area contributed by atoms with E-state index in [0.717, 1.165) is 38.9 Å². The third kappa shape index (κ3) is 4.94. The average Bonchev–Trinajstić information content (AvgIpc) is 2.64. The third-order valence-electron chi connectivity index (χ3n) is 2.81. The van der Waals surface area contributed by atoms with Gasteiger partial charge in [0.2, 0.25) is 0 Å². The lowest BCUT2D eigenvalue weighted by atomic mass is 10.2. The summed E-state index contributed by atoms with van der Waals surface area (Å²) in [5.74, 6) is 0. The number of carbonyl (C=O) groups excluding carboxylic acids is 1. The zero-order valence-corrected chi connectivity index (χ0v) is 11.6. The highest BCUT2D eigenvalue weighted by atomic mass is 16.6. The SMILES string of the molecule is CCCNCC1CCCN1C(=O)OC(C)(C)C. The van der Waals surface area contributed by atoms with Gasteiger partial charge in [0, 0.05) is 19.1 Å². The van der Waals surface area contributed by atoms with Crippen LogP contribution in [0.25, 0.3) is 0 Å². The fourth-order valence-corrected chi connectivity index (χ4v) is 2.05. The first-order valence-electron chi connectivity index (χ1n) is 6.64. The van der Waals surface area contributed by atoms with Gasteiger partial charge in [-0.05, 0) is 46.6 Å². The third-order valence-corrected chi connectivity index (χ3v) is 2.81. The molecule has 1 atom stereocenters. The van der Waals surface area contributed by atoms with Gasteiger partial charge in [0.1, 0.15) is 5.60 Å². The Morgan fingerprint density at radius 1 is 1.47 bits per heavy atom. The van der Waals surface area contributed by atoms with E-state index < -0.39 is 5.60 Å². The Morgan fingerprint density at radius 2 is 2.18 bits per heavy atom. The maximum Gasteiger partial charge on any atom is 0.410 e. The van der Waals surface area contributed by atoms with E-state index in [-0.39, 0.29) is 6.09 Å². The minimum absolute atomic E-state index is 0.168. The van der Waals surface area contributed by atoms with Gasteiger partial charge in [0.25, 0.3) is 0 Å². The molecule has 0 aromatic rings. The molecule has 100 valence electrons. The molecule has 1 unspecified atom stereocenters. The van der Waals surface area contributed by atoms with Gasteiger partial charge in [-0.2, -0.15) is 0 Å². The van der Waals surface area contributed by atoms with E-state index in [9.17, 15) is 4.79 Å². The second-order valence-corrected chi connectivity index (χ2v) is 5.67. The zero-order chi connectivity index (χ0) is 12.9. The quantitative estimate of drug-likeness (QED) is 0.770. The highest BCUT2D eigenvalue weighted by molar-refractivity contribution is 5.69. The van der Waals surface area contributed by atoms with Crippen LogP contribution in [-0.4, -0.2) is 42.3 Å². The van der Waals surface area contributed by atoms with Crippen molar-refractivity contribution in [3.05, 3.63) is 0 Å². The van der Waals surface area contributed by atoms with Crippen LogP contribution in [0.2, 0.25) is 0 Å². The van der Waals surface area contributed by atoms with Crippen LogP contribution in [0.15, 0.2) is 0 Å². The number of hydrogen-bond acceptors (Lipinski definition) is 3. The Balaban J connectivity index is 2.42. The summed E-state index contributed by atoms with van der Waals surface area (Å²) in [4.78, 5) is 13.8. The van der Waals surface area contributed by atoms with E-state index >= 15 is 0 Å². The van der Waals surface area contributed by atoms with Crippen molar-refractivity contribution in [3.8, 4) is 0 Å². The highest BCUT2D eigenvalue weighted by Gasteiger charge is 2.31. The van der Waals surface area contributed by atoms with E-state index in [2.05, 4.69) is 12.2 Å². The molecule has 0 aromatic heterocycles. The normalized spacial score (nSPS) is 20.7. The van der Waals surface area contributed by atoms with Crippen LogP contribution in [0.1, 0.15) is 47.0 Å². The molecular weight excluding hydrogens is 216 g/mol. The Hall–Kier alpha value is -0.770. The average molecular weight is 242 g/mol. The van der Waals surface area contributed by atoms with Gasteiger partial charge < -0.3 is 15.0 Å². The Morgan fingerprint density at radius 3 is 2.76 bits per heavy atom. The fraction of sp³-hybridized carbons (Fsp3) is 0.923. The molecule has 1 amide bonds. The lowest BCUT2D eigenvalue weighted by Crippen LogP contribution is -2.44. The van der Waals surface area contributed by atoms with Crippen LogP contribution in [0.5, 0.6) is 0 Å². The van der Waals surface area contributed by atoms with Crippen molar-refractivity contribution < 1.29 is 9.53 Å². The van der Waals surface area contributed by atoms with Crippen LogP contribution in [0.3, 0.4) is 0 Å². The number of rotatable bonds is 4. The Labute approximate surface area is 105 Å². The van der Waals surface area contributed by atoms with Crippen molar-refractivity contribution in [2.24, 2.45) is 0 Å². The standard InChI is InChI=1S/C13H26N2O2/c1-5-8-14-10-11-7-6-9-15(11)12(16)17-13(2,3)4/h11,14H,5-10H2,1-4H3. The van der Waals surface area contributed by atoms with Gasteiger partial charge in [-0.1, -0.05) is 6.92 Å². The second-order valence-electron chi connectivity index (χ2n) is 5.67. The smallest absolute Gasteiger partial charge is 0.410 e. The van der Waals surface area contributed by atoms with Crippen LogP contribution >= 0.6 is 0 Å². The molecule has 0 aliphatic carbocycles. The first-order chi connectivity index (χ1) is 7.94. The minimum Gasteiger partial charge on any atom is -0.444 e. The lowest BCUT2D eigenvalue weighted by molar-refractivity contribution is 0.0227.